The highest BCUT2D eigenvalue weighted by Crippen LogP contribution is 2.32. The van der Waals surface area contributed by atoms with Crippen LogP contribution < -0.4 is 5.73 Å². The Labute approximate surface area is 108 Å². The SMILES string of the molecule is CC1CCCC(N)(C(=O)N2CCOC(CO)C2)C1. The van der Waals surface area contributed by atoms with E-state index >= 15 is 0 Å². The first kappa shape index (κ1) is 13.8. The minimum Gasteiger partial charge on any atom is -0.394 e. The van der Waals surface area contributed by atoms with E-state index in [9.17, 15) is 4.79 Å². The van der Waals surface area contributed by atoms with Crippen LogP contribution in [0.25, 0.3) is 0 Å². The largest absolute Gasteiger partial charge is 0.394 e. The van der Waals surface area contributed by atoms with Crippen molar-refractivity contribution in [3.05, 3.63) is 0 Å². The highest BCUT2D eigenvalue weighted by atomic mass is 16.5. The van der Waals surface area contributed by atoms with Gasteiger partial charge in [0.25, 0.3) is 0 Å². The molecule has 18 heavy (non-hydrogen) atoms. The van der Waals surface area contributed by atoms with Crippen LogP contribution in [0.3, 0.4) is 0 Å². The Morgan fingerprint density at radius 3 is 3.06 bits per heavy atom. The summed E-state index contributed by atoms with van der Waals surface area (Å²) in [5.41, 5.74) is 5.62. The second-order valence-electron chi connectivity index (χ2n) is 5.78. The van der Waals surface area contributed by atoms with Gasteiger partial charge in [0.05, 0.1) is 24.9 Å². The summed E-state index contributed by atoms with van der Waals surface area (Å²) in [5, 5.41) is 9.11. The van der Waals surface area contributed by atoms with E-state index in [0.29, 0.717) is 25.6 Å². The van der Waals surface area contributed by atoms with Gasteiger partial charge >= 0.3 is 0 Å². The fourth-order valence-electron chi connectivity index (χ4n) is 3.12. The van der Waals surface area contributed by atoms with Crippen LogP contribution in [0.1, 0.15) is 32.6 Å². The molecule has 2 rings (SSSR count). The molecule has 5 nitrogen and oxygen atoms in total. The van der Waals surface area contributed by atoms with E-state index in [1.54, 1.807) is 4.90 Å². The second-order valence-corrected chi connectivity index (χ2v) is 5.78. The summed E-state index contributed by atoms with van der Waals surface area (Å²) in [6.07, 6.45) is 3.48. The van der Waals surface area contributed by atoms with Crippen LogP contribution in [0.15, 0.2) is 0 Å². The molecule has 0 aromatic rings. The molecular formula is C13H24N2O3. The lowest BCUT2D eigenvalue weighted by atomic mass is 9.76. The monoisotopic (exact) mass is 256 g/mol. The quantitative estimate of drug-likeness (QED) is 0.735. The van der Waals surface area contributed by atoms with Gasteiger partial charge in [0.15, 0.2) is 0 Å². The Kier molecular flexibility index (Phi) is 4.25. The first-order valence-corrected chi connectivity index (χ1v) is 6.86. The number of nitrogens with two attached hydrogens (primary N) is 1. The molecule has 0 radical (unpaired) electrons. The van der Waals surface area contributed by atoms with Crippen molar-refractivity contribution in [1.82, 2.24) is 4.90 Å². The molecule has 3 N–H and O–H groups in total. The van der Waals surface area contributed by atoms with E-state index in [0.717, 1.165) is 25.7 Å². The molecule has 2 aliphatic rings. The molecular weight excluding hydrogens is 232 g/mol. The second kappa shape index (κ2) is 5.55. The van der Waals surface area contributed by atoms with E-state index in [2.05, 4.69) is 6.92 Å². The maximum Gasteiger partial charge on any atom is 0.242 e. The molecule has 5 heteroatoms. The maximum absolute atomic E-state index is 12.5. The molecule has 2 fully saturated rings. The first-order valence-electron chi connectivity index (χ1n) is 6.86. The van der Waals surface area contributed by atoms with E-state index in [1.165, 1.54) is 0 Å². The summed E-state index contributed by atoms with van der Waals surface area (Å²) in [5.74, 6) is 0.554. The minimum atomic E-state index is -0.699. The molecule has 1 heterocycles. The van der Waals surface area contributed by atoms with Crippen LogP contribution >= 0.6 is 0 Å². The summed E-state index contributed by atoms with van der Waals surface area (Å²) in [6, 6.07) is 0. The van der Waals surface area contributed by atoms with Crippen LogP contribution in [0.4, 0.5) is 0 Å². The van der Waals surface area contributed by atoms with Crippen LogP contribution in [-0.4, -0.2) is 53.9 Å². The molecule has 0 spiro atoms. The number of aliphatic hydroxyl groups is 1. The van der Waals surface area contributed by atoms with Crippen molar-refractivity contribution in [1.29, 1.82) is 0 Å². The van der Waals surface area contributed by atoms with Gasteiger partial charge in [-0.2, -0.15) is 0 Å². The third-order valence-electron chi connectivity index (χ3n) is 4.09. The van der Waals surface area contributed by atoms with Crippen molar-refractivity contribution in [3.63, 3.8) is 0 Å². The van der Waals surface area contributed by atoms with Crippen LogP contribution in [0, 0.1) is 5.92 Å². The number of nitrogens with zero attached hydrogens (tertiary/aromatic N) is 1. The lowest BCUT2D eigenvalue weighted by molar-refractivity contribution is -0.147. The molecule has 0 bridgehead atoms. The Hall–Kier alpha value is -0.650. The average molecular weight is 256 g/mol. The van der Waals surface area contributed by atoms with Gasteiger partial charge in [-0.25, -0.2) is 0 Å². The lowest BCUT2D eigenvalue weighted by Gasteiger charge is -2.41. The third kappa shape index (κ3) is 2.84. The van der Waals surface area contributed by atoms with Crippen molar-refractivity contribution < 1.29 is 14.6 Å². The zero-order valence-corrected chi connectivity index (χ0v) is 11.1. The number of rotatable bonds is 2. The van der Waals surface area contributed by atoms with E-state index in [-0.39, 0.29) is 18.6 Å². The smallest absolute Gasteiger partial charge is 0.242 e. The van der Waals surface area contributed by atoms with E-state index in [4.69, 9.17) is 15.6 Å². The normalized spacial score (nSPS) is 37.6. The summed E-state index contributed by atoms with van der Waals surface area (Å²) in [6.45, 7) is 3.65. The minimum absolute atomic E-state index is 0.0378. The molecule has 1 saturated heterocycles. The Balaban J connectivity index is 2.01. The van der Waals surface area contributed by atoms with Gasteiger partial charge in [-0.15, -0.1) is 0 Å². The Morgan fingerprint density at radius 2 is 2.39 bits per heavy atom. The summed E-state index contributed by atoms with van der Waals surface area (Å²) in [7, 11) is 0. The van der Waals surface area contributed by atoms with Crippen molar-refractivity contribution in [2.75, 3.05) is 26.3 Å². The Morgan fingerprint density at radius 1 is 1.61 bits per heavy atom. The number of carbonyl (C=O) groups excluding carboxylic acids is 1. The van der Waals surface area contributed by atoms with Crippen molar-refractivity contribution in [2.24, 2.45) is 11.7 Å². The number of ether oxygens (including phenoxy) is 1. The average Bonchev–Trinajstić information content (AvgIpc) is 2.37. The topological polar surface area (TPSA) is 75.8 Å². The highest BCUT2D eigenvalue weighted by molar-refractivity contribution is 5.86. The predicted molar refractivity (Wildman–Crippen MR) is 68.0 cm³/mol. The van der Waals surface area contributed by atoms with Crippen molar-refractivity contribution in [2.45, 2.75) is 44.2 Å². The number of hydrogen-bond donors (Lipinski definition) is 2. The molecule has 1 saturated carbocycles. The fraction of sp³-hybridized carbons (Fsp3) is 0.923. The molecule has 3 unspecified atom stereocenters. The van der Waals surface area contributed by atoms with Gasteiger partial charge in [-0.3, -0.25) is 4.79 Å². The molecule has 1 aliphatic carbocycles. The predicted octanol–water partition coefficient (Wildman–Crippen LogP) is 0.114. The highest BCUT2D eigenvalue weighted by Gasteiger charge is 2.41. The lowest BCUT2D eigenvalue weighted by Crippen LogP contribution is -2.60. The molecule has 104 valence electrons. The van der Waals surface area contributed by atoms with Gasteiger partial charge in [-0.05, 0) is 18.8 Å². The van der Waals surface area contributed by atoms with Crippen molar-refractivity contribution >= 4 is 5.91 Å². The summed E-state index contributed by atoms with van der Waals surface area (Å²) < 4.78 is 5.36. The van der Waals surface area contributed by atoms with Gasteiger partial charge in [0.1, 0.15) is 0 Å². The number of amides is 1. The van der Waals surface area contributed by atoms with Gasteiger partial charge in [-0.1, -0.05) is 19.8 Å². The van der Waals surface area contributed by atoms with Gasteiger partial charge in [0, 0.05) is 13.1 Å². The molecule has 0 aromatic carbocycles. The number of aliphatic hydroxyl groups excluding tert-OH is 1. The van der Waals surface area contributed by atoms with Gasteiger partial charge < -0.3 is 20.5 Å². The number of hydrogen-bond acceptors (Lipinski definition) is 4. The zero-order chi connectivity index (χ0) is 13.2. The third-order valence-corrected chi connectivity index (χ3v) is 4.09. The molecule has 1 aliphatic heterocycles. The first-order chi connectivity index (χ1) is 8.55. The van der Waals surface area contributed by atoms with Crippen molar-refractivity contribution in [3.8, 4) is 0 Å². The summed E-state index contributed by atoms with van der Waals surface area (Å²) in [4.78, 5) is 14.3. The van der Waals surface area contributed by atoms with Crippen LogP contribution in [-0.2, 0) is 9.53 Å². The molecule has 0 aromatic heterocycles. The van der Waals surface area contributed by atoms with Gasteiger partial charge in [0.2, 0.25) is 5.91 Å². The van der Waals surface area contributed by atoms with E-state index < -0.39 is 5.54 Å². The van der Waals surface area contributed by atoms with Crippen LogP contribution in [0.2, 0.25) is 0 Å². The molecule has 3 atom stereocenters. The van der Waals surface area contributed by atoms with E-state index in [1.807, 2.05) is 0 Å². The summed E-state index contributed by atoms with van der Waals surface area (Å²) >= 11 is 0. The van der Waals surface area contributed by atoms with Crippen LogP contribution in [0.5, 0.6) is 0 Å². The number of carbonyl (C=O) groups is 1. The fourth-order valence-corrected chi connectivity index (χ4v) is 3.12. The molecule has 1 amide bonds. The zero-order valence-electron chi connectivity index (χ0n) is 11.1. The maximum atomic E-state index is 12.5. The standard InChI is InChI=1S/C13H24N2O3/c1-10-3-2-4-13(14,7-10)12(17)15-5-6-18-11(8-15)9-16/h10-11,16H,2-9,14H2,1H3. The number of morpholine rings is 1. The Bertz CT molecular complexity index is 311.